The van der Waals surface area contributed by atoms with E-state index in [1.807, 2.05) is 0 Å². The predicted octanol–water partition coefficient (Wildman–Crippen LogP) is 21.7. The first-order valence-electron chi connectivity index (χ1n) is 31.9. The Kier molecular flexibility index (Phi) is 59.7. The summed E-state index contributed by atoms with van der Waals surface area (Å²) >= 11 is 0. The molecule has 428 valence electrons. The van der Waals surface area contributed by atoms with Crippen LogP contribution in [0, 0.1) is 0 Å². The fourth-order valence-corrected chi connectivity index (χ4v) is 9.21. The molecule has 1 unspecified atom stereocenters. The van der Waals surface area contributed by atoms with Gasteiger partial charge in [-0.25, -0.2) is 0 Å². The molecule has 0 aliphatic heterocycles. The highest BCUT2D eigenvalue weighted by Crippen LogP contribution is 2.17. The standard InChI is InChI=1S/C68H120O6/c1-4-7-10-13-16-19-22-24-26-28-30-31-32-33-34-35-36-37-38-40-41-43-46-49-52-55-58-61-67(70)73-64-65(63-72-66(69)60-57-54-51-48-45-21-18-15-12-9-6-3)74-68(71)62-59-56-53-50-47-44-42-39-29-27-25-23-20-17-14-11-8-5-2/h7,10,16,19,24,26,30-31,33-34,36-37,65H,4-6,8-9,11-15,17-18,20-23,25,27-29,32,35,38-64H2,1-3H3/b10-7-,19-16-,26-24-,31-30-,34-33-,37-36-. The van der Waals surface area contributed by atoms with Crippen molar-refractivity contribution in [2.45, 2.75) is 329 Å². The first kappa shape index (κ1) is 70.8. The first-order chi connectivity index (χ1) is 36.5. The van der Waals surface area contributed by atoms with E-state index in [0.29, 0.717) is 19.3 Å². The van der Waals surface area contributed by atoms with Gasteiger partial charge in [-0.05, 0) is 70.6 Å². The summed E-state index contributed by atoms with van der Waals surface area (Å²) < 4.78 is 16.9. The Bertz CT molecular complexity index is 1370. The van der Waals surface area contributed by atoms with Gasteiger partial charge >= 0.3 is 17.9 Å². The summed E-state index contributed by atoms with van der Waals surface area (Å²) in [5.74, 6) is -0.865. The molecule has 0 aliphatic rings. The van der Waals surface area contributed by atoms with E-state index in [1.54, 1.807) is 0 Å². The zero-order valence-corrected chi connectivity index (χ0v) is 49.1. The lowest BCUT2D eigenvalue weighted by atomic mass is 10.0. The molecule has 6 heteroatoms. The van der Waals surface area contributed by atoms with Crippen LogP contribution in [0.1, 0.15) is 323 Å². The molecule has 0 N–H and O–H groups in total. The number of rotatable bonds is 58. The molecule has 0 spiro atoms. The fraction of sp³-hybridized carbons (Fsp3) is 0.779. The Hall–Kier alpha value is -3.15. The minimum Gasteiger partial charge on any atom is -0.462 e. The molecule has 0 aromatic heterocycles. The van der Waals surface area contributed by atoms with E-state index >= 15 is 0 Å². The zero-order chi connectivity index (χ0) is 53.6. The number of hydrogen-bond donors (Lipinski definition) is 0. The number of carbonyl (C=O) groups is 3. The second kappa shape index (κ2) is 62.4. The largest absolute Gasteiger partial charge is 0.462 e. The van der Waals surface area contributed by atoms with Gasteiger partial charge in [-0.15, -0.1) is 0 Å². The lowest BCUT2D eigenvalue weighted by Gasteiger charge is -2.18. The highest BCUT2D eigenvalue weighted by atomic mass is 16.6. The molecule has 0 radical (unpaired) electrons. The topological polar surface area (TPSA) is 78.9 Å². The minimum absolute atomic E-state index is 0.0730. The fourth-order valence-electron chi connectivity index (χ4n) is 9.21. The molecule has 0 aromatic carbocycles. The van der Waals surface area contributed by atoms with E-state index < -0.39 is 6.10 Å². The van der Waals surface area contributed by atoms with Crippen LogP contribution in [-0.2, 0) is 28.6 Å². The van der Waals surface area contributed by atoms with Crippen LogP contribution in [0.5, 0.6) is 0 Å². The summed E-state index contributed by atoms with van der Waals surface area (Å²) in [6.45, 7) is 6.55. The molecule has 0 aliphatic carbocycles. The van der Waals surface area contributed by atoms with E-state index in [0.717, 1.165) is 103 Å². The van der Waals surface area contributed by atoms with Crippen LogP contribution < -0.4 is 0 Å². The highest BCUT2D eigenvalue weighted by molar-refractivity contribution is 5.71. The average Bonchev–Trinajstić information content (AvgIpc) is 3.40. The van der Waals surface area contributed by atoms with Crippen LogP contribution in [0.4, 0.5) is 0 Å². The van der Waals surface area contributed by atoms with Crippen LogP contribution in [0.15, 0.2) is 72.9 Å². The molecular formula is C68H120O6. The van der Waals surface area contributed by atoms with Gasteiger partial charge in [0.05, 0.1) is 0 Å². The monoisotopic (exact) mass is 1030 g/mol. The van der Waals surface area contributed by atoms with Gasteiger partial charge < -0.3 is 14.2 Å². The van der Waals surface area contributed by atoms with Gasteiger partial charge in [-0.1, -0.05) is 306 Å². The van der Waals surface area contributed by atoms with Crippen molar-refractivity contribution in [2.24, 2.45) is 0 Å². The lowest BCUT2D eigenvalue weighted by molar-refractivity contribution is -0.167. The Labute approximate surface area is 459 Å². The third-order valence-electron chi connectivity index (χ3n) is 14.0. The number of hydrogen-bond acceptors (Lipinski definition) is 6. The van der Waals surface area contributed by atoms with Crippen LogP contribution in [0.3, 0.4) is 0 Å². The summed E-state index contributed by atoms with van der Waals surface area (Å²) in [4.78, 5) is 38.2. The van der Waals surface area contributed by atoms with E-state index in [9.17, 15) is 14.4 Å². The number of carbonyl (C=O) groups excluding carboxylic acids is 3. The molecule has 0 rings (SSSR count). The average molecular weight is 1030 g/mol. The smallest absolute Gasteiger partial charge is 0.306 e. The summed E-state index contributed by atoms with van der Waals surface area (Å²) in [6.07, 6.45) is 80.5. The molecule has 1 atom stereocenters. The van der Waals surface area contributed by atoms with Crippen molar-refractivity contribution in [1.82, 2.24) is 0 Å². The Morgan fingerprint density at radius 3 is 0.824 bits per heavy atom. The summed E-state index contributed by atoms with van der Waals surface area (Å²) in [5, 5.41) is 0. The number of unbranched alkanes of at least 4 members (excludes halogenated alkanes) is 35. The van der Waals surface area contributed by atoms with Crippen LogP contribution in [0.2, 0.25) is 0 Å². The van der Waals surface area contributed by atoms with Crippen molar-refractivity contribution < 1.29 is 28.6 Å². The normalized spacial score (nSPS) is 12.5. The van der Waals surface area contributed by atoms with Crippen molar-refractivity contribution in [3.63, 3.8) is 0 Å². The van der Waals surface area contributed by atoms with Crippen LogP contribution in [-0.4, -0.2) is 37.2 Å². The maximum absolute atomic E-state index is 12.9. The maximum Gasteiger partial charge on any atom is 0.306 e. The molecule has 0 saturated heterocycles. The Morgan fingerprint density at radius 1 is 0.284 bits per heavy atom. The third-order valence-corrected chi connectivity index (χ3v) is 14.0. The lowest BCUT2D eigenvalue weighted by Crippen LogP contribution is -2.30. The molecule has 6 nitrogen and oxygen atoms in total. The quantitative estimate of drug-likeness (QED) is 0.0261. The number of ether oxygens (including phenoxy) is 3. The van der Waals surface area contributed by atoms with Gasteiger partial charge in [-0.3, -0.25) is 14.4 Å². The molecule has 0 saturated carbocycles. The van der Waals surface area contributed by atoms with Crippen molar-refractivity contribution in [2.75, 3.05) is 13.2 Å². The van der Waals surface area contributed by atoms with Crippen molar-refractivity contribution in [3.8, 4) is 0 Å². The number of allylic oxidation sites excluding steroid dienone is 12. The van der Waals surface area contributed by atoms with Gasteiger partial charge in [0.1, 0.15) is 13.2 Å². The molecular weight excluding hydrogens is 913 g/mol. The van der Waals surface area contributed by atoms with Gasteiger partial charge in [0.25, 0.3) is 0 Å². The SMILES string of the molecule is CC/C=C\C/C=C\C/C=C\C/C=C\C/C=C\C/C=C\CCCCCCCCCCC(=O)OCC(COC(=O)CCCCCCCCCCCCC)OC(=O)CCCCCCCCCCCCCCCCCCCC. The maximum atomic E-state index is 12.9. The molecule has 74 heavy (non-hydrogen) atoms. The second-order valence-electron chi connectivity index (χ2n) is 21.3. The van der Waals surface area contributed by atoms with E-state index in [1.165, 1.54) is 180 Å². The minimum atomic E-state index is -0.775. The van der Waals surface area contributed by atoms with Crippen LogP contribution >= 0.6 is 0 Å². The molecule has 0 heterocycles. The molecule has 0 bridgehead atoms. The van der Waals surface area contributed by atoms with Gasteiger partial charge in [0.2, 0.25) is 0 Å². The second-order valence-corrected chi connectivity index (χ2v) is 21.3. The summed E-state index contributed by atoms with van der Waals surface area (Å²) in [6, 6.07) is 0. The van der Waals surface area contributed by atoms with Gasteiger partial charge in [-0.2, -0.15) is 0 Å². The van der Waals surface area contributed by atoms with E-state index in [2.05, 4.69) is 93.7 Å². The zero-order valence-electron chi connectivity index (χ0n) is 49.1. The van der Waals surface area contributed by atoms with Crippen LogP contribution in [0.25, 0.3) is 0 Å². The van der Waals surface area contributed by atoms with Gasteiger partial charge in [0.15, 0.2) is 6.10 Å². The van der Waals surface area contributed by atoms with Crippen molar-refractivity contribution in [1.29, 1.82) is 0 Å². The number of esters is 3. The first-order valence-corrected chi connectivity index (χ1v) is 31.9. The molecule has 0 aromatic rings. The molecule has 0 amide bonds. The highest BCUT2D eigenvalue weighted by Gasteiger charge is 2.19. The predicted molar refractivity (Wildman–Crippen MR) is 321 cm³/mol. The summed E-state index contributed by atoms with van der Waals surface area (Å²) in [5.41, 5.74) is 0. The summed E-state index contributed by atoms with van der Waals surface area (Å²) in [7, 11) is 0. The molecule has 0 fully saturated rings. The van der Waals surface area contributed by atoms with Crippen molar-refractivity contribution >= 4 is 17.9 Å². The van der Waals surface area contributed by atoms with Gasteiger partial charge in [0, 0.05) is 19.3 Å². The third kappa shape index (κ3) is 59.7. The Morgan fingerprint density at radius 2 is 0.527 bits per heavy atom. The van der Waals surface area contributed by atoms with E-state index in [-0.39, 0.29) is 31.1 Å². The Balaban J connectivity index is 4.26. The van der Waals surface area contributed by atoms with Crippen molar-refractivity contribution in [3.05, 3.63) is 72.9 Å². The van der Waals surface area contributed by atoms with E-state index in [4.69, 9.17) is 14.2 Å².